The molecule has 26 heavy (non-hydrogen) atoms. The topological polar surface area (TPSA) is 76.0 Å². The zero-order valence-corrected chi connectivity index (χ0v) is 14.3. The molecule has 0 bridgehead atoms. The Morgan fingerprint density at radius 1 is 1.27 bits per heavy atom. The molecule has 1 aromatic carbocycles. The number of nitrogens with zero attached hydrogens (tertiary/aromatic N) is 2. The summed E-state index contributed by atoms with van der Waals surface area (Å²) in [6, 6.07) is 7.80. The number of nitrogens with one attached hydrogen (secondary N) is 2. The first-order chi connectivity index (χ1) is 12.6. The Hall–Kier alpha value is -2.54. The van der Waals surface area contributed by atoms with Gasteiger partial charge in [-0.2, -0.15) is 5.10 Å². The van der Waals surface area contributed by atoms with Gasteiger partial charge >= 0.3 is 0 Å². The van der Waals surface area contributed by atoms with E-state index in [2.05, 4.69) is 15.7 Å². The van der Waals surface area contributed by atoms with E-state index in [4.69, 9.17) is 0 Å². The van der Waals surface area contributed by atoms with Crippen molar-refractivity contribution in [3.05, 3.63) is 58.3 Å². The molecule has 0 radical (unpaired) electrons. The average Bonchev–Trinajstić information content (AvgIpc) is 3.22. The van der Waals surface area contributed by atoms with Gasteiger partial charge in [-0.1, -0.05) is 6.42 Å². The number of amides is 1. The van der Waals surface area contributed by atoms with Crippen molar-refractivity contribution in [3.8, 4) is 5.69 Å². The van der Waals surface area contributed by atoms with E-state index in [1.807, 2.05) is 0 Å². The lowest BCUT2D eigenvalue weighted by Crippen LogP contribution is -2.41. The number of carbonyl (C=O) groups excluding carboxylic acids is 1. The summed E-state index contributed by atoms with van der Waals surface area (Å²) in [7, 11) is 0. The van der Waals surface area contributed by atoms with Crippen molar-refractivity contribution in [2.45, 2.75) is 37.8 Å². The molecule has 0 spiro atoms. The molecule has 2 fully saturated rings. The molecule has 3 atom stereocenters. The van der Waals surface area contributed by atoms with E-state index in [1.54, 1.807) is 0 Å². The first-order valence-corrected chi connectivity index (χ1v) is 9.00. The van der Waals surface area contributed by atoms with Gasteiger partial charge in [0, 0.05) is 30.9 Å². The highest BCUT2D eigenvalue weighted by Gasteiger charge is 2.36. The minimum Gasteiger partial charge on any atom is -0.349 e. The molecule has 2 heterocycles. The van der Waals surface area contributed by atoms with Gasteiger partial charge in [0.2, 0.25) is 5.43 Å². The Morgan fingerprint density at radius 3 is 2.85 bits per heavy atom. The van der Waals surface area contributed by atoms with E-state index in [-0.39, 0.29) is 17.6 Å². The maximum atomic E-state index is 13.1. The number of fused-ring (bicyclic) bond motifs is 1. The predicted molar refractivity (Wildman–Crippen MR) is 94.8 cm³/mol. The molecule has 6 nitrogen and oxygen atoms in total. The van der Waals surface area contributed by atoms with Crippen LogP contribution in [0.4, 0.5) is 4.39 Å². The fourth-order valence-corrected chi connectivity index (χ4v) is 4.02. The second-order valence-electron chi connectivity index (χ2n) is 7.06. The third kappa shape index (κ3) is 3.39. The highest BCUT2D eigenvalue weighted by molar-refractivity contribution is 5.92. The molecule has 1 aromatic heterocycles. The highest BCUT2D eigenvalue weighted by Crippen LogP contribution is 2.34. The first kappa shape index (κ1) is 16.9. The molecule has 4 rings (SSSR count). The number of carbonyl (C=O) groups is 1. The van der Waals surface area contributed by atoms with Crippen molar-refractivity contribution in [2.75, 3.05) is 6.54 Å². The number of halogens is 1. The van der Waals surface area contributed by atoms with Crippen molar-refractivity contribution >= 4 is 5.91 Å². The molecule has 7 heteroatoms. The maximum Gasteiger partial charge on any atom is 0.275 e. The van der Waals surface area contributed by atoms with Crippen LogP contribution in [0, 0.1) is 11.7 Å². The van der Waals surface area contributed by atoms with Gasteiger partial charge in [-0.3, -0.25) is 9.59 Å². The second-order valence-corrected chi connectivity index (χ2v) is 7.06. The monoisotopic (exact) mass is 356 g/mol. The van der Waals surface area contributed by atoms with Crippen LogP contribution >= 0.6 is 0 Å². The lowest BCUT2D eigenvalue weighted by Gasteiger charge is -2.14. The normalized spacial score (nSPS) is 24.4. The quantitative estimate of drug-likeness (QED) is 0.873. The van der Waals surface area contributed by atoms with Gasteiger partial charge in [0.25, 0.3) is 5.91 Å². The summed E-state index contributed by atoms with van der Waals surface area (Å²) in [6.45, 7) is 0.485. The summed E-state index contributed by atoms with van der Waals surface area (Å²) in [4.78, 5) is 24.5. The van der Waals surface area contributed by atoms with Crippen LogP contribution in [0.15, 0.2) is 41.3 Å². The smallest absolute Gasteiger partial charge is 0.275 e. The Kier molecular flexibility index (Phi) is 4.55. The SMILES string of the molecule is O=C(NC[C@@H]1C[C@@H]2CCC[C@@H]2N1)c1nn(-c2ccc(F)cc2)ccc1=O. The van der Waals surface area contributed by atoms with Gasteiger partial charge in [0.05, 0.1) is 5.69 Å². The van der Waals surface area contributed by atoms with Gasteiger partial charge in [-0.15, -0.1) is 0 Å². The summed E-state index contributed by atoms with van der Waals surface area (Å²) >= 11 is 0. The van der Waals surface area contributed by atoms with E-state index in [0.29, 0.717) is 24.2 Å². The van der Waals surface area contributed by atoms with Gasteiger partial charge in [-0.25, -0.2) is 9.07 Å². The van der Waals surface area contributed by atoms with Crippen molar-refractivity contribution in [3.63, 3.8) is 0 Å². The summed E-state index contributed by atoms with van der Waals surface area (Å²) in [5.41, 5.74) is -0.0159. The highest BCUT2D eigenvalue weighted by atomic mass is 19.1. The summed E-state index contributed by atoms with van der Waals surface area (Å²) in [6.07, 6.45) is 6.26. The van der Waals surface area contributed by atoms with Crippen molar-refractivity contribution < 1.29 is 9.18 Å². The van der Waals surface area contributed by atoms with Crippen LogP contribution in [0.1, 0.15) is 36.2 Å². The largest absolute Gasteiger partial charge is 0.349 e. The molecular weight excluding hydrogens is 335 g/mol. The molecule has 2 aromatic rings. The zero-order chi connectivity index (χ0) is 18.1. The predicted octanol–water partition coefficient (Wildman–Crippen LogP) is 1.63. The fourth-order valence-electron chi connectivity index (χ4n) is 4.02. The van der Waals surface area contributed by atoms with Crippen LogP contribution in [-0.4, -0.2) is 34.3 Å². The van der Waals surface area contributed by atoms with Crippen LogP contribution in [0.2, 0.25) is 0 Å². The third-order valence-electron chi connectivity index (χ3n) is 5.32. The zero-order valence-electron chi connectivity index (χ0n) is 14.3. The number of hydrogen-bond donors (Lipinski definition) is 2. The van der Waals surface area contributed by atoms with Crippen molar-refractivity contribution in [1.29, 1.82) is 0 Å². The van der Waals surface area contributed by atoms with Crippen LogP contribution in [0.3, 0.4) is 0 Å². The standard InChI is InChI=1S/C19H21FN4O2/c20-13-4-6-15(7-5-13)24-9-8-17(25)18(23-24)19(26)21-11-14-10-12-2-1-3-16(12)22-14/h4-9,12,14,16,22H,1-3,10-11H2,(H,21,26)/t12-,14-,16-/m0/s1. The van der Waals surface area contributed by atoms with Gasteiger partial charge in [0.15, 0.2) is 5.69 Å². The molecule has 2 aliphatic rings. The summed E-state index contributed by atoms with van der Waals surface area (Å²) in [5, 5.41) is 10.5. The van der Waals surface area contributed by atoms with E-state index in [0.717, 1.165) is 6.42 Å². The number of aromatic nitrogens is 2. The van der Waals surface area contributed by atoms with E-state index in [9.17, 15) is 14.0 Å². The van der Waals surface area contributed by atoms with Crippen LogP contribution in [-0.2, 0) is 0 Å². The molecule has 1 amide bonds. The van der Waals surface area contributed by atoms with Crippen LogP contribution < -0.4 is 16.1 Å². The lowest BCUT2D eigenvalue weighted by atomic mass is 10.0. The number of hydrogen-bond acceptors (Lipinski definition) is 4. The molecule has 1 aliphatic heterocycles. The fraction of sp³-hybridized carbons (Fsp3) is 0.421. The van der Waals surface area contributed by atoms with Gasteiger partial charge in [0.1, 0.15) is 5.82 Å². The Bertz CT molecular complexity index is 853. The molecule has 2 N–H and O–H groups in total. The Labute approximate surface area is 150 Å². The number of rotatable bonds is 4. The minimum absolute atomic E-state index is 0.157. The van der Waals surface area contributed by atoms with E-state index >= 15 is 0 Å². The Morgan fingerprint density at radius 2 is 2.08 bits per heavy atom. The lowest BCUT2D eigenvalue weighted by molar-refractivity contribution is 0.0942. The van der Waals surface area contributed by atoms with Crippen LogP contribution in [0.25, 0.3) is 5.69 Å². The molecule has 1 saturated carbocycles. The molecule has 0 unspecified atom stereocenters. The van der Waals surface area contributed by atoms with Crippen molar-refractivity contribution in [2.24, 2.45) is 5.92 Å². The molecule has 1 aliphatic carbocycles. The van der Waals surface area contributed by atoms with E-state index in [1.165, 1.54) is 60.5 Å². The van der Waals surface area contributed by atoms with Gasteiger partial charge in [-0.05, 0) is 49.4 Å². The summed E-state index contributed by atoms with van der Waals surface area (Å²) < 4.78 is 14.5. The van der Waals surface area contributed by atoms with Gasteiger partial charge < -0.3 is 10.6 Å². The molecule has 136 valence electrons. The van der Waals surface area contributed by atoms with Crippen molar-refractivity contribution in [1.82, 2.24) is 20.4 Å². The third-order valence-corrected chi connectivity index (χ3v) is 5.32. The molecular formula is C19H21FN4O2. The maximum absolute atomic E-state index is 13.1. The Balaban J connectivity index is 1.44. The molecule has 1 saturated heterocycles. The van der Waals surface area contributed by atoms with E-state index < -0.39 is 11.3 Å². The summed E-state index contributed by atoms with van der Waals surface area (Å²) in [5.74, 6) is -0.130. The second kappa shape index (κ2) is 6.99. The van der Waals surface area contributed by atoms with Crippen LogP contribution in [0.5, 0.6) is 0 Å². The average molecular weight is 356 g/mol. The number of benzene rings is 1. The minimum atomic E-state index is -0.481. The first-order valence-electron chi connectivity index (χ1n) is 9.00.